The summed E-state index contributed by atoms with van der Waals surface area (Å²) < 4.78 is 0. The summed E-state index contributed by atoms with van der Waals surface area (Å²) in [6.45, 7) is 4.68. The van der Waals surface area contributed by atoms with Crippen molar-refractivity contribution >= 4 is 5.95 Å². The predicted molar refractivity (Wildman–Crippen MR) is 72.6 cm³/mol. The summed E-state index contributed by atoms with van der Waals surface area (Å²) in [5.74, 6) is 2.78. The van der Waals surface area contributed by atoms with Gasteiger partial charge in [0.1, 0.15) is 0 Å². The van der Waals surface area contributed by atoms with E-state index in [0.717, 1.165) is 30.9 Å². The van der Waals surface area contributed by atoms with E-state index in [9.17, 15) is 0 Å². The fourth-order valence-corrected chi connectivity index (χ4v) is 3.34. The lowest BCUT2D eigenvalue weighted by Gasteiger charge is -2.37. The Morgan fingerprint density at radius 3 is 2.22 bits per heavy atom. The SMILES string of the molecule is c1cnc(N2CCC(C3CCNCC3)CC2)nc1. The molecule has 0 radical (unpaired) electrons. The summed E-state index contributed by atoms with van der Waals surface area (Å²) in [6.07, 6.45) is 9.02. The first kappa shape index (κ1) is 11.9. The van der Waals surface area contributed by atoms with E-state index in [0.29, 0.717) is 0 Å². The molecule has 0 saturated carbocycles. The maximum atomic E-state index is 4.34. The highest BCUT2D eigenvalue weighted by molar-refractivity contribution is 5.28. The van der Waals surface area contributed by atoms with Crippen LogP contribution in [0.15, 0.2) is 18.5 Å². The van der Waals surface area contributed by atoms with E-state index >= 15 is 0 Å². The number of rotatable bonds is 2. The first-order valence-corrected chi connectivity index (χ1v) is 7.16. The normalized spacial score (nSPS) is 23.2. The minimum Gasteiger partial charge on any atom is -0.341 e. The molecule has 3 heterocycles. The van der Waals surface area contributed by atoms with Gasteiger partial charge in [-0.05, 0) is 56.7 Å². The monoisotopic (exact) mass is 246 g/mol. The van der Waals surface area contributed by atoms with Crippen LogP contribution in [0.25, 0.3) is 0 Å². The van der Waals surface area contributed by atoms with Crippen molar-refractivity contribution in [1.82, 2.24) is 15.3 Å². The molecule has 2 saturated heterocycles. The van der Waals surface area contributed by atoms with Gasteiger partial charge in [0.05, 0.1) is 0 Å². The van der Waals surface area contributed by atoms with Crippen LogP contribution in [-0.2, 0) is 0 Å². The third-order valence-corrected chi connectivity index (χ3v) is 4.43. The summed E-state index contributed by atoms with van der Waals surface area (Å²) >= 11 is 0. The Hall–Kier alpha value is -1.16. The van der Waals surface area contributed by atoms with Gasteiger partial charge < -0.3 is 10.2 Å². The van der Waals surface area contributed by atoms with Gasteiger partial charge in [0.25, 0.3) is 0 Å². The molecule has 0 amide bonds. The fourth-order valence-electron chi connectivity index (χ4n) is 3.34. The van der Waals surface area contributed by atoms with Crippen LogP contribution in [0.4, 0.5) is 5.95 Å². The summed E-state index contributed by atoms with van der Waals surface area (Å²) in [7, 11) is 0. The third kappa shape index (κ3) is 2.64. The molecule has 0 aromatic carbocycles. The largest absolute Gasteiger partial charge is 0.341 e. The van der Waals surface area contributed by atoms with E-state index in [4.69, 9.17) is 0 Å². The molecule has 3 rings (SSSR count). The number of piperidine rings is 2. The van der Waals surface area contributed by atoms with Crippen molar-refractivity contribution in [2.75, 3.05) is 31.1 Å². The Kier molecular flexibility index (Phi) is 3.74. The predicted octanol–water partition coefficient (Wildman–Crippen LogP) is 1.69. The van der Waals surface area contributed by atoms with Crippen molar-refractivity contribution in [1.29, 1.82) is 0 Å². The average Bonchev–Trinajstić information content (AvgIpc) is 2.49. The number of hydrogen-bond acceptors (Lipinski definition) is 4. The second kappa shape index (κ2) is 5.65. The smallest absolute Gasteiger partial charge is 0.225 e. The van der Waals surface area contributed by atoms with Gasteiger partial charge in [0.15, 0.2) is 0 Å². The maximum absolute atomic E-state index is 4.34. The van der Waals surface area contributed by atoms with E-state index in [1.165, 1.54) is 38.8 Å². The zero-order valence-corrected chi connectivity index (χ0v) is 10.9. The molecule has 1 N–H and O–H groups in total. The minimum atomic E-state index is 0.904. The summed E-state index contributed by atoms with van der Waals surface area (Å²) in [5, 5.41) is 3.46. The van der Waals surface area contributed by atoms with Crippen molar-refractivity contribution in [3.05, 3.63) is 18.5 Å². The van der Waals surface area contributed by atoms with Crippen LogP contribution in [0.3, 0.4) is 0 Å². The molecule has 1 aromatic rings. The highest BCUT2D eigenvalue weighted by atomic mass is 15.2. The topological polar surface area (TPSA) is 41.1 Å². The van der Waals surface area contributed by atoms with Crippen molar-refractivity contribution < 1.29 is 0 Å². The van der Waals surface area contributed by atoms with Gasteiger partial charge in [-0.25, -0.2) is 9.97 Å². The molecule has 2 aliphatic rings. The molecule has 18 heavy (non-hydrogen) atoms. The highest BCUT2D eigenvalue weighted by Crippen LogP contribution is 2.31. The lowest BCUT2D eigenvalue weighted by molar-refractivity contribution is 0.221. The van der Waals surface area contributed by atoms with Gasteiger partial charge in [-0.1, -0.05) is 0 Å². The summed E-state index contributed by atoms with van der Waals surface area (Å²) in [5.41, 5.74) is 0. The van der Waals surface area contributed by atoms with Gasteiger partial charge in [-0.2, -0.15) is 0 Å². The van der Waals surface area contributed by atoms with Crippen LogP contribution in [0, 0.1) is 11.8 Å². The standard InChI is InChI=1S/C14H22N4/c1-6-16-14(17-7-1)18-10-4-13(5-11-18)12-2-8-15-9-3-12/h1,6-7,12-13,15H,2-5,8-11H2. The van der Waals surface area contributed by atoms with Crippen LogP contribution >= 0.6 is 0 Å². The van der Waals surface area contributed by atoms with Crippen LogP contribution < -0.4 is 10.2 Å². The fraction of sp³-hybridized carbons (Fsp3) is 0.714. The molecule has 0 atom stereocenters. The Bertz CT molecular complexity index is 353. The molecular formula is C14H22N4. The molecular weight excluding hydrogens is 224 g/mol. The van der Waals surface area contributed by atoms with Gasteiger partial charge >= 0.3 is 0 Å². The molecule has 4 heteroatoms. The third-order valence-electron chi connectivity index (χ3n) is 4.43. The maximum Gasteiger partial charge on any atom is 0.225 e. The minimum absolute atomic E-state index is 0.904. The van der Waals surface area contributed by atoms with E-state index < -0.39 is 0 Å². The highest BCUT2D eigenvalue weighted by Gasteiger charge is 2.28. The Morgan fingerprint density at radius 2 is 1.56 bits per heavy atom. The molecule has 0 bridgehead atoms. The quantitative estimate of drug-likeness (QED) is 0.862. The van der Waals surface area contributed by atoms with E-state index in [1.807, 2.05) is 18.5 Å². The lowest BCUT2D eigenvalue weighted by Crippen LogP contribution is -2.39. The molecule has 2 aliphatic heterocycles. The Balaban J connectivity index is 1.54. The summed E-state index contributed by atoms with van der Waals surface area (Å²) in [6, 6.07) is 1.88. The Labute approximate surface area is 109 Å². The molecule has 0 unspecified atom stereocenters. The van der Waals surface area contributed by atoms with E-state index in [2.05, 4.69) is 20.2 Å². The average molecular weight is 246 g/mol. The van der Waals surface area contributed by atoms with Gasteiger partial charge in [0, 0.05) is 25.5 Å². The number of nitrogens with one attached hydrogen (secondary N) is 1. The Morgan fingerprint density at radius 1 is 0.944 bits per heavy atom. The number of aromatic nitrogens is 2. The second-order valence-corrected chi connectivity index (χ2v) is 5.46. The van der Waals surface area contributed by atoms with Crippen molar-refractivity contribution in [3.8, 4) is 0 Å². The van der Waals surface area contributed by atoms with Crippen LogP contribution in [0.1, 0.15) is 25.7 Å². The summed E-state index contributed by atoms with van der Waals surface area (Å²) in [4.78, 5) is 11.0. The van der Waals surface area contributed by atoms with E-state index in [1.54, 1.807) is 0 Å². The molecule has 2 fully saturated rings. The first-order valence-electron chi connectivity index (χ1n) is 7.16. The molecule has 0 aliphatic carbocycles. The van der Waals surface area contributed by atoms with Crippen LogP contribution in [-0.4, -0.2) is 36.1 Å². The molecule has 1 aromatic heterocycles. The zero-order chi connectivity index (χ0) is 12.2. The van der Waals surface area contributed by atoms with Crippen LogP contribution in [0.5, 0.6) is 0 Å². The van der Waals surface area contributed by atoms with Crippen molar-refractivity contribution in [2.24, 2.45) is 11.8 Å². The second-order valence-electron chi connectivity index (χ2n) is 5.46. The molecule has 4 nitrogen and oxygen atoms in total. The molecule has 0 spiro atoms. The number of anilines is 1. The van der Waals surface area contributed by atoms with Crippen LogP contribution in [0.2, 0.25) is 0 Å². The number of hydrogen-bond donors (Lipinski definition) is 1. The first-order chi connectivity index (χ1) is 8.93. The lowest BCUT2D eigenvalue weighted by atomic mass is 9.79. The number of nitrogens with zero attached hydrogens (tertiary/aromatic N) is 3. The van der Waals surface area contributed by atoms with E-state index in [-0.39, 0.29) is 0 Å². The van der Waals surface area contributed by atoms with Crippen molar-refractivity contribution in [3.63, 3.8) is 0 Å². The zero-order valence-electron chi connectivity index (χ0n) is 10.9. The molecule has 98 valence electrons. The van der Waals surface area contributed by atoms with Gasteiger partial charge in [-0.15, -0.1) is 0 Å². The van der Waals surface area contributed by atoms with Crippen molar-refractivity contribution in [2.45, 2.75) is 25.7 Å². The van der Waals surface area contributed by atoms with Gasteiger partial charge in [0.2, 0.25) is 5.95 Å². The van der Waals surface area contributed by atoms with Gasteiger partial charge in [-0.3, -0.25) is 0 Å².